The Balaban J connectivity index is 2.32. The van der Waals surface area contributed by atoms with Gasteiger partial charge in [-0.3, -0.25) is 0 Å². The Hall–Kier alpha value is -0.790. The zero-order valence-electron chi connectivity index (χ0n) is 9.53. The van der Waals surface area contributed by atoms with E-state index in [1.54, 1.807) is 0 Å². The van der Waals surface area contributed by atoms with Crippen LogP contribution in [0.15, 0.2) is 22.7 Å². The molecule has 96 valence electrons. The summed E-state index contributed by atoms with van der Waals surface area (Å²) in [7, 11) is -3.09. The van der Waals surface area contributed by atoms with Crippen molar-refractivity contribution in [2.45, 2.75) is 6.42 Å². The van der Waals surface area contributed by atoms with Gasteiger partial charge in [-0.25, -0.2) is 13.1 Å². The van der Waals surface area contributed by atoms with Gasteiger partial charge in [0.25, 0.3) is 0 Å². The summed E-state index contributed by atoms with van der Waals surface area (Å²) in [5, 5.41) is 3.19. The van der Waals surface area contributed by atoms with Crippen molar-refractivity contribution >= 4 is 37.3 Å². The van der Waals surface area contributed by atoms with Crippen LogP contribution in [0.1, 0.15) is 6.42 Å². The summed E-state index contributed by atoms with van der Waals surface area (Å²) in [4.78, 5) is 0. The van der Waals surface area contributed by atoms with E-state index in [1.807, 2.05) is 18.2 Å². The number of hydrogen-bond donors (Lipinski definition) is 3. The maximum Gasteiger partial charge on any atom is 0.208 e. The fourth-order valence-electron chi connectivity index (χ4n) is 1.24. The third kappa shape index (κ3) is 5.90. The highest BCUT2D eigenvalue weighted by atomic mass is 79.9. The van der Waals surface area contributed by atoms with Crippen molar-refractivity contribution in [1.82, 2.24) is 4.72 Å². The molecule has 0 aliphatic carbocycles. The van der Waals surface area contributed by atoms with Crippen molar-refractivity contribution in [2.24, 2.45) is 0 Å². The molecule has 0 amide bonds. The second-order valence-corrected chi connectivity index (χ2v) is 6.37. The molecule has 0 aliphatic rings. The highest BCUT2D eigenvalue weighted by Crippen LogP contribution is 2.24. The average Bonchev–Trinajstić information content (AvgIpc) is 2.18. The molecule has 7 heteroatoms. The number of halogens is 1. The molecule has 17 heavy (non-hydrogen) atoms. The minimum absolute atomic E-state index is 0.429. The first kappa shape index (κ1) is 14.3. The lowest BCUT2D eigenvalue weighted by molar-refractivity contribution is 0.586. The molecule has 4 N–H and O–H groups in total. The Bertz CT molecular complexity index is 476. The molecule has 1 aromatic rings. The lowest BCUT2D eigenvalue weighted by atomic mass is 10.3. The van der Waals surface area contributed by atoms with Crippen LogP contribution < -0.4 is 15.8 Å². The van der Waals surface area contributed by atoms with E-state index in [1.165, 1.54) is 0 Å². The van der Waals surface area contributed by atoms with E-state index in [9.17, 15) is 8.42 Å². The van der Waals surface area contributed by atoms with Crippen LogP contribution in [0.25, 0.3) is 0 Å². The van der Waals surface area contributed by atoms with Crippen LogP contribution in [0.4, 0.5) is 11.4 Å². The van der Waals surface area contributed by atoms with E-state index >= 15 is 0 Å². The Morgan fingerprint density at radius 1 is 1.35 bits per heavy atom. The minimum Gasteiger partial charge on any atom is -0.399 e. The molecule has 1 rings (SSSR count). The first-order valence-corrected chi connectivity index (χ1v) is 7.80. The van der Waals surface area contributed by atoms with Crippen molar-refractivity contribution in [3.05, 3.63) is 22.7 Å². The Morgan fingerprint density at radius 2 is 2.06 bits per heavy atom. The Labute approximate surface area is 110 Å². The van der Waals surface area contributed by atoms with Crippen molar-refractivity contribution in [3.63, 3.8) is 0 Å². The molecule has 1 aromatic carbocycles. The van der Waals surface area contributed by atoms with Crippen LogP contribution in [0.5, 0.6) is 0 Å². The maximum absolute atomic E-state index is 10.8. The van der Waals surface area contributed by atoms with Gasteiger partial charge in [0.2, 0.25) is 10.0 Å². The second-order valence-electron chi connectivity index (χ2n) is 3.69. The lowest BCUT2D eigenvalue weighted by Gasteiger charge is -2.09. The van der Waals surface area contributed by atoms with Crippen LogP contribution in [-0.4, -0.2) is 27.8 Å². The molecular formula is C10H16BrN3O2S. The summed E-state index contributed by atoms with van der Waals surface area (Å²) in [6, 6.07) is 5.50. The summed E-state index contributed by atoms with van der Waals surface area (Å²) in [5.74, 6) is 0. The number of nitrogens with two attached hydrogens (primary N) is 1. The zero-order chi connectivity index (χ0) is 12.9. The molecule has 0 saturated heterocycles. The third-order valence-corrected chi connectivity index (χ3v) is 3.41. The van der Waals surface area contributed by atoms with Crippen LogP contribution in [0, 0.1) is 0 Å². The maximum atomic E-state index is 10.8. The Morgan fingerprint density at radius 3 is 2.65 bits per heavy atom. The first-order valence-electron chi connectivity index (χ1n) is 5.12. The summed E-state index contributed by atoms with van der Waals surface area (Å²) in [5.41, 5.74) is 7.26. The van der Waals surface area contributed by atoms with Gasteiger partial charge >= 0.3 is 0 Å². The topological polar surface area (TPSA) is 84.2 Å². The number of sulfonamides is 1. The normalized spacial score (nSPS) is 11.4. The van der Waals surface area contributed by atoms with Gasteiger partial charge in [-0.2, -0.15) is 0 Å². The smallest absolute Gasteiger partial charge is 0.208 e. The number of hydrogen-bond acceptors (Lipinski definition) is 4. The molecule has 0 fully saturated rings. The molecule has 0 heterocycles. The molecule has 0 radical (unpaired) electrons. The molecular weight excluding hydrogens is 306 g/mol. The SMILES string of the molecule is CS(=O)(=O)NCCCNc1ccc(N)cc1Br. The fourth-order valence-corrected chi connectivity index (χ4v) is 2.30. The Kier molecular flexibility index (Phi) is 5.23. The monoisotopic (exact) mass is 321 g/mol. The predicted octanol–water partition coefficient (Wildman–Crippen LogP) is 1.38. The van der Waals surface area contributed by atoms with Gasteiger partial charge in [-0.1, -0.05) is 0 Å². The molecule has 0 aromatic heterocycles. The number of rotatable bonds is 6. The van der Waals surface area contributed by atoms with Gasteiger partial charge in [0.1, 0.15) is 0 Å². The van der Waals surface area contributed by atoms with E-state index < -0.39 is 10.0 Å². The number of nitrogens with one attached hydrogen (secondary N) is 2. The molecule has 0 unspecified atom stereocenters. The van der Waals surface area contributed by atoms with E-state index in [-0.39, 0.29) is 0 Å². The molecule has 0 aliphatic heterocycles. The molecule has 0 bridgehead atoms. The highest BCUT2D eigenvalue weighted by molar-refractivity contribution is 9.10. The van der Waals surface area contributed by atoms with Crippen molar-refractivity contribution in [1.29, 1.82) is 0 Å². The van der Waals surface area contributed by atoms with Crippen molar-refractivity contribution in [3.8, 4) is 0 Å². The first-order chi connectivity index (χ1) is 7.88. The van der Waals surface area contributed by atoms with Crippen molar-refractivity contribution in [2.75, 3.05) is 30.4 Å². The van der Waals surface area contributed by atoms with E-state index in [0.717, 1.165) is 16.4 Å². The molecule has 5 nitrogen and oxygen atoms in total. The van der Waals surface area contributed by atoms with Crippen LogP contribution in [-0.2, 0) is 10.0 Å². The highest BCUT2D eigenvalue weighted by Gasteiger charge is 2.01. The van der Waals surface area contributed by atoms with Gasteiger partial charge in [-0.15, -0.1) is 0 Å². The van der Waals surface area contributed by atoms with Gasteiger partial charge in [0.15, 0.2) is 0 Å². The van der Waals surface area contributed by atoms with E-state index in [2.05, 4.69) is 26.0 Å². The quantitative estimate of drug-likeness (QED) is 0.546. The lowest BCUT2D eigenvalue weighted by Crippen LogP contribution is -2.24. The number of anilines is 2. The van der Waals surface area contributed by atoms with E-state index in [0.29, 0.717) is 25.2 Å². The van der Waals surface area contributed by atoms with Crippen LogP contribution in [0.2, 0.25) is 0 Å². The van der Waals surface area contributed by atoms with Crippen LogP contribution in [0.3, 0.4) is 0 Å². The molecule has 0 spiro atoms. The van der Waals surface area contributed by atoms with Gasteiger partial charge < -0.3 is 11.1 Å². The average molecular weight is 322 g/mol. The van der Waals surface area contributed by atoms with Crippen LogP contribution >= 0.6 is 15.9 Å². The summed E-state index contributed by atoms with van der Waals surface area (Å²) in [6.07, 6.45) is 1.86. The predicted molar refractivity (Wildman–Crippen MR) is 74.5 cm³/mol. The molecule has 0 atom stereocenters. The number of benzene rings is 1. The van der Waals surface area contributed by atoms with E-state index in [4.69, 9.17) is 5.73 Å². The van der Waals surface area contributed by atoms with Crippen molar-refractivity contribution < 1.29 is 8.42 Å². The third-order valence-electron chi connectivity index (χ3n) is 2.03. The van der Waals surface area contributed by atoms with Gasteiger partial charge in [0, 0.05) is 28.9 Å². The summed E-state index contributed by atoms with van der Waals surface area (Å²) < 4.78 is 24.9. The standard InChI is InChI=1S/C10H16BrN3O2S/c1-17(15,16)14-6-2-5-13-10-4-3-8(12)7-9(10)11/h3-4,7,13-14H,2,5-6,12H2,1H3. The zero-order valence-corrected chi connectivity index (χ0v) is 11.9. The summed E-state index contributed by atoms with van der Waals surface area (Å²) in [6.45, 7) is 1.11. The van der Waals surface area contributed by atoms with Gasteiger partial charge in [-0.05, 0) is 40.5 Å². The largest absolute Gasteiger partial charge is 0.399 e. The minimum atomic E-state index is -3.09. The number of nitrogen functional groups attached to an aromatic ring is 1. The fraction of sp³-hybridized carbons (Fsp3) is 0.400. The van der Waals surface area contributed by atoms with Gasteiger partial charge in [0.05, 0.1) is 6.26 Å². The summed E-state index contributed by atoms with van der Waals surface area (Å²) >= 11 is 3.39. The molecule has 0 saturated carbocycles. The second kappa shape index (κ2) is 6.23.